The van der Waals surface area contributed by atoms with Crippen molar-refractivity contribution in [3.63, 3.8) is 0 Å². The number of carboxylic acid groups (broad SMARTS) is 1. The Kier molecular flexibility index (Phi) is 8.40. The van der Waals surface area contributed by atoms with Crippen molar-refractivity contribution in [2.24, 2.45) is 35.5 Å². The Balaban J connectivity index is 1.23. The monoisotopic (exact) mass is 735 g/mol. The number of carbonyl (C=O) groups excluding carboxylic acids is 3. The normalized spacial score (nSPS) is 27.9. The van der Waals surface area contributed by atoms with Crippen LogP contribution in [-0.4, -0.2) is 56.6 Å². The maximum Gasteiger partial charge on any atom is 0.327 e. The molecule has 2 saturated carbocycles. The Morgan fingerprint density at radius 3 is 2.45 bits per heavy atom. The average Bonchev–Trinajstić information content (AvgIpc) is 3.74. The Labute approximate surface area is 292 Å². The van der Waals surface area contributed by atoms with E-state index in [0.717, 1.165) is 21.1 Å². The number of thiazole rings is 1. The summed E-state index contributed by atoms with van der Waals surface area (Å²) in [6.07, 6.45) is 0.626. The highest BCUT2D eigenvalue weighted by molar-refractivity contribution is 8.00. The van der Waals surface area contributed by atoms with Crippen LogP contribution in [0.5, 0.6) is 5.75 Å². The van der Waals surface area contributed by atoms with Gasteiger partial charge in [0.05, 0.1) is 26.9 Å². The number of aliphatic carboxylic acids is 1. The van der Waals surface area contributed by atoms with Gasteiger partial charge < -0.3 is 20.1 Å². The molecule has 3 fully saturated rings. The van der Waals surface area contributed by atoms with Gasteiger partial charge in [0.25, 0.3) is 5.91 Å². The van der Waals surface area contributed by atoms with Crippen LogP contribution in [0.1, 0.15) is 36.6 Å². The van der Waals surface area contributed by atoms with Gasteiger partial charge in [-0.2, -0.15) is 0 Å². The quantitative estimate of drug-likeness (QED) is 0.239. The zero-order valence-electron chi connectivity index (χ0n) is 24.9. The predicted octanol–water partition coefficient (Wildman–Crippen LogP) is 6.00. The van der Waals surface area contributed by atoms with E-state index in [1.165, 1.54) is 17.8 Å². The molecule has 2 aromatic carbocycles. The van der Waals surface area contributed by atoms with Gasteiger partial charge in [0.1, 0.15) is 11.8 Å². The number of thioether (sulfide) groups is 1. The number of aromatic amines is 1. The minimum atomic E-state index is -1.24. The first-order valence-electron chi connectivity index (χ1n) is 15.0. The van der Waals surface area contributed by atoms with E-state index in [-0.39, 0.29) is 39.5 Å². The predicted molar refractivity (Wildman–Crippen MR) is 179 cm³/mol. The number of nitrogens with one attached hydrogen (secondary N) is 2. The third-order valence-electron chi connectivity index (χ3n) is 9.79. The van der Waals surface area contributed by atoms with Crippen LogP contribution < -0.4 is 14.9 Å². The number of nitrogens with zero attached hydrogens (tertiary/aromatic N) is 1. The van der Waals surface area contributed by atoms with Crippen molar-refractivity contribution >= 4 is 87.3 Å². The van der Waals surface area contributed by atoms with Crippen molar-refractivity contribution < 1.29 is 29.0 Å². The third-order valence-corrected chi connectivity index (χ3v) is 13.4. The van der Waals surface area contributed by atoms with Crippen molar-refractivity contribution in [1.29, 1.82) is 0 Å². The van der Waals surface area contributed by atoms with Gasteiger partial charge in [-0.3, -0.25) is 24.1 Å². The van der Waals surface area contributed by atoms with Gasteiger partial charge in [-0.05, 0) is 66.5 Å². The maximum absolute atomic E-state index is 14.0. The lowest BCUT2D eigenvalue weighted by Gasteiger charge is -2.43. The second-order valence-corrected chi connectivity index (χ2v) is 16.1. The van der Waals surface area contributed by atoms with E-state index in [4.69, 9.17) is 39.5 Å². The van der Waals surface area contributed by atoms with Crippen molar-refractivity contribution in [1.82, 2.24) is 9.88 Å². The lowest BCUT2D eigenvalue weighted by molar-refractivity contribution is -0.157. The topological polar surface area (TPSA) is 146 Å². The van der Waals surface area contributed by atoms with Crippen molar-refractivity contribution in [3.05, 3.63) is 71.6 Å². The number of halogens is 3. The van der Waals surface area contributed by atoms with E-state index in [9.17, 15) is 29.1 Å². The van der Waals surface area contributed by atoms with Crippen LogP contribution in [0.15, 0.2) is 46.2 Å². The molecule has 2 aliphatic carbocycles. The van der Waals surface area contributed by atoms with Crippen LogP contribution in [0.4, 0.5) is 5.69 Å². The van der Waals surface area contributed by atoms with E-state index < -0.39 is 53.4 Å². The van der Waals surface area contributed by atoms with Crippen molar-refractivity contribution in [2.75, 3.05) is 11.9 Å². The summed E-state index contributed by atoms with van der Waals surface area (Å²) >= 11 is 21.2. The molecular formula is C32H28Cl3N3O7S2. The molecule has 8 atom stereocenters. The molecule has 1 saturated heterocycles. The molecule has 15 heteroatoms. The molecule has 3 aromatic rings. The van der Waals surface area contributed by atoms with Crippen molar-refractivity contribution in [3.8, 4) is 5.75 Å². The Bertz CT molecular complexity index is 1900. The number of carbonyl (C=O) groups is 4. The van der Waals surface area contributed by atoms with Crippen molar-refractivity contribution in [2.45, 2.75) is 42.5 Å². The van der Waals surface area contributed by atoms with Gasteiger partial charge in [-0.15, -0.1) is 11.8 Å². The van der Waals surface area contributed by atoms with Crippen LogP contribution in [0.3, 0.4) is 0 Å². The number of hydrogen-bond donors (Lipinski definition) is 3. The first-order chi connectivity index (χ1) is 22.3. The van der Waals surface area contributed by atoms with E-state index in [1.54, 1.807) is 44.2 Å². The molecule has 47 heavy (non-hydrogen) atoms. The zero-order valence-corrected chi connectivity index (χ0v) is 28.8. The zero-order chi connectivity index (χ0) is 33.5. The second kappa shape index (κ2) is 12.1. The molecule has 1 aromatic heterocycles. The molecule has 0 spiro atoms. The number of ether oxygens (including phenoxy) is 1. The van der Waals surface area contributed by atoms with Gasteiger partial charge >= 0.3 is 10.8 Å². The Hall–Kier alpha value is -3.03. The fourth-order valence-electron chi connectivity index (χ4n) is 8.16. The fraction of sp³-hybridized carbons (Fsp3) is 0.406. The van der Waals surface area contributed by atoms with Gasteiger partial charge in [-0.25, -0.2) is 4.79 Å². The standard InChI is InChI=1S/C32H28Cl3N3O7S2/c1-11(2)25(31(42)43)38-29(40)23-15-9-16(24(23)30(38)41)26-22(15)21(27-28(46-26)37-32(44)47-27)14-7-12(33)3-6-19(14)45-10-20(39)36-13-4-5-17(34)18(35)8-13/h3-8,11,15-16,21-26H,9-10H2,1-2H3,(H,36,39)(H,37,44)(H,42,43)/t15?,16?,21-,22?,23?,24?,25?,26?/m1/s1. The van der Waals surface area contributed by atoms with E-state index in [0.29, 0.717) is 38.5 Å². The summed E-state index contributed by atoms with van der Waals surface area (Å²) in [5, 5.41) is 14.3. The number of benzene rings is 2. The molecule has 10 nitrogen and oxygen atoms in total. The third kappa shape index (κ3) is 5.36. The van der Waals surface area contributed by atoms with Gasteiger partial charge in [0, 0.05) is 32.3 Å². The van der Waals surface area contributed by atoms with Crippen LogP contribution >= 0.6 is 57.9 Å². The number of anilines is 1. The number of fused-ring (bicyclic) bond motifs is 9. The van der Waals surface area contributed by atoms with Crippen LogP contribution in [0.2, 0.25) is 15.1 Å². The molecular weight excluding hydrogens is 709 g/mol. The second-order valence-electron chi connectivity index (χ2n) is 12.7. The van der Waals surface area contributed by atoms with Crippen LogP contribution in [0, 0.1) is 35.5 Å². The minimum Gasteiger partial charge on any atom is -0.483 e. The van der Waals surface area contributed by atoms with Gasteiger partial charge in [-0.1, -0.05) is 60.0 Å². The maximum atomic E-state index is 14.0. The Morgan fingerprint density at radius 2 is 1.77 bits per heavy atom. The summed E-state index contributed by atoms with van der Waals surface area (Å²) in [6, 6.07) is 8.57. The number of rotatable bonds is 8. The number of imide groups is 1. The van der Waals surface area contributed by atoms with E-state index in [1.807, 2.05) is 0 Å². The number of amides is 3. The molecule has 4 aliphatic rings. The first-order valence-corrected chi connectivity index (χ1v) is 17.8. The molecule has 0 radical (unpaired) electrons. The lowest BCUT2D eigenvalue weighted by Crippen LogP contribution is -2.49. The number of carboxylic acids is 1. The number of aromatic nitrogens is 1. The molecule has 3 N–H and O–H groups in total. The molecule has 3 amide bonds. The summed E-state index contributed by atoms with van der Waals surface area (Å²) in [5.41, 5.74) is 1.11. The summed E-state index contributed by atoms with van der Waals surface area (Å²) in [5.74, 6) is -4.90. The summed E-state index contributed by atoms with van der Waals surface area (Å²) in [4.78, 5) is 70.1. The minimum absolute atomic E-state index is 0.132. The smallest absolute Gasteiger partial charge is 0.327 e. The van der Waals surface area contributed by atoms with Crippen LogP contribution in [-0.2, 0) is 19.2 Å². The summed E-state index contributed by atoms with van der Waals surface area (Å²) < 4.78 is 6.10. The average molecular weight is 737 g/mol. The van der Waals surface area contributed by atoms with Gasteiger partial charge in [0.15, 0.2) is 6.61 Å². The number of H-pyrrole nitrogens is 1. The molecule has 7 rings (SSSR count). The summed E-state index contributed by atoms with van der Waals surface area (Å²) in [7, 11) is 0. The fourth-order valence-corrected chi connectivity index (χ4v) is 11.5. The number of likely N-dealkylation sites (tertiary alicyclic amines) is 1. The van der Waals surface area contributed by atoms with E-state index in [2.05, 4.69) is 10.3 Å². The highest BCUT2D eigenvalue weighted by Crippen LogP contribution is 2.69. The van der Waals surface area contributed by atoms with Crippen LogP contribution in [0.25, 0.3) is 0 Å². The Morgan fingerprint density at radius 1 is 1.04 bits per heavy atom. The molecule has 7 unspecified atom stereocenters. The highest BCUT2D eigenvalue weighted by Gasteiger charge is 2.70. The summed E-state index contributed by atoms with van der Waals surface area (Å²) in [6.45, 7) is 3.03. The van der Waals surface area contributed by atoms with E-state index >= 15 is 0 Å². The lowest BCUT2D eigenvalue weighted by atomic mass is 9.68. The highest BCUT2D eigenvalue weighted by atomic mass is 35.5. The SMILES string of the molecule is CC(C)C(C(=O)O)N1C(=O)C2C3CC(C2C1=O)C1C3Sc2[nH]c(=O)sc2[C@@H]1c1cc(Cl)ccc1OCC(=O)Nc1ccc(Cl)c(Cl)c1. The van der Waals surface area contributed by atoms with Gasteiger partial charge in [0.2, 0.25) is 11.8 Å². The molecule has 246 valence electrons. The molecule has 3 heterocycles. The first kappa shape index (κ1) is 32.5. The molecule has 2 bridgehead atoms. The largest absolute Gasteiger partial charge is 0.483 e. The molecule has 2 aliphatic heterocycles. The number of hydrogen-bond acceptors (Lipinski definition) is 8.